The molecule has 0 aromatic rings. The topological polar surface area (TPSA) is 53.1 Å². The van der Waals surface area contributed by atoms with Crippen LogP contribution in [0.3, 0.4) is 0 Å². The number of likely N-dealkylation sites (tertiary alicyclic amines) is 1. The van der Waals surface area contributed by atoms with Crippen molar-refractivity contribution in [3.05, 3.63) is 0 Å². The number of methoxy groups -OCH3 is 1. The van der Waals surface area contributed by atoms with Gasteiger partial charge in [0.25, 0.3) is 0 Å². The van der Waals surface area contributed by atoms with Gasteiger partial charge in [0.05, 0.1) is 25.0 Å². The second-order valence-electron chi connectivity index (χ2n) is 6.11. The number of carbonyl (C=O) groups is 2. The minimum Gasteiger partial charge on any atom is -0.383 e. The van der Waals surface area contributed by atoms with Crippen LogP contribution < -0.4 is 0 Å². The van der Waals surface area contributed by atoms with Crippen molar-refractivity contribution in [2.75, 3.05) is 60.0 Å². The third-order valence-corrected chi connectivity index (χ3v) is 4.44. The van der Waals surface area contributed by atoms with Gasteiger partial charge in [-0.1, -0.05) is 0 Å². The molecule has 0 saturated carbocycles. The zero-order valence-corrected chi connectivity index (χ0v) is 13.3. The summed E-state index contributed by atoms with van der Waals surface area (Å²) in [5.41, 5.74) is 0. The number of amides is 2. The molecule has 0 aliphatic carbocycles. The van der Waals surface area contributed by atoms with Crippen molar-refractivity contribution >= 4 is 11.8 Å². The standard InChI is InChI=1S/C14H22F3N3O3/c1-18-7-10(11(8-18)14(15,16)17)13(22)20-4-3-19(5-6-23-2)12(21)9-20/h10-11H,3-9H2,1-2H3/t10-,11-/m1/s1. The minimum atomic E-state index is -4.41. The summed E-state index contributed by atoms with van der Waals surface area (Å²) in [5, 5.41) is 0. The second-order valence-corrected chi connectivity index (χ2v) is 6.11. The minimum absolute atomic E-state index is 0.0705. The maximum Gasteiger partial charge on any atom is 0.393 e. The van der Waals surface area contributed by atoms with E-state index in [0.29, 0.717) is 19.7 Å². The van der Waals surface area contributed by atoms with Gasteiger partial charge in [-0.3, -0.25) is 9.59 Å². The van der Waals surface area contributed by atoms with Crippen molar-refractivity contribution in [3.8, 4) is 0 Å². The van der Waals surface area contributed by atoms with E-state index < -0.39 is 23.9 Å². The van der Waals surface area contributed by atoms with Crippen LogP contribution in [0.4, 0.5) is 13.2 Å². The molecule has 2 aliphatic heterocycles. The average Bonchev–Trinajstić information content (AvgIpc) is 2.87. The first-order valence-electron chi connectivity index (χ1n) is 7.54. The number of hydrogen-bond acceptors (Lipinski definition) is 4. The van der Waals surface area contributed by atoms with Gasteiger partial charge in [0.15, 0.2) is 0 Å². The molecule has 0 unspecified atom stereocenters. The number of rotatable bonds is 4. The number of alkyl halides is 3. The first kappa shape index (κ1) is 18.0. The van der Waals surface area contributed by atoms with Crippen molar-refractivity contribution in [1.82, 2.24) is 14.7 Å². The zero-order chi connectivity index (χ0) is 17.2. The summed E-state index contributed by atoms with van der Waals surface area (Å²) >= 11 is 0. The highest BCUT2D eigenvalue weighted by Crippen LogP contribution is 2.38. The molecule has 132 valence electrons. The second kappa shape index (κ2) is 7.04. The summed E-state index contributed by atoms with van der Waals surface area (Å²) in [6.45, 7) is 1.14. The lowest BCUT2D eigenvalue weighted by Crippen LogP contribution is -2.55. The highest BCUT2D eigenvalue weighted by atomic mass is 19.4. The predicted octanol–water partition coefficient (Wildman–Crippen LogP) is 0.0437. The summed E-state index contributed by atoms with van der Waals surface area (Å²) in [7, 11) is 3.10. The first-order chi connectivity index (χ1) is 10.7. The van der Waals surface area contributed by atoms with E-state index in [-0.39, 0.29) is 32.1 Å². The summed E-state index contributed by atoms with van der Waals surface area (Å²) in [5.74, 6) is -3.62. The number of hydrogen-bond donors (Lipinski definition) is 0. The molecule has 2 rings (SSSR count). The highest BCUT2D eigenvalue weighted by molar-refractivity contribution is 5.87. The van der Waals surface area contributed by atoms with Gasteiger partial charge >= 0.3 is 6.18 Å². The quantitative estimate of drug-likeness (QED) is 0.727. The molecular weight excluding hydrogens is 315 g/mol. The normalized spacial score (nSPS) is 26.9. The van der Waals surface area contributed by atoms with Crippen LogP contribution >= 0.6 is 0 Å². The number of carbonyl (C=O) groups excluding carboxylic acids is 2. The van der Waals surface area contributed by atoms with E-state index in [2.05, 4.69) is 0 Å². The molecule has 2 atom stereocenters. The van der Waals surface area contributed by atoms with Crippen LogP contribution in [-0.2, 0) is 14.3 Å². The number of ether oxygens (including phenoxy) is 1. The molecule has 0 aromatic heterocycles. The third kappa shape index (κ3) is 4.14. The number of nitrogens with zero attached hydrogens (tertiary/aromatic N) is 3. The molecular formula is C14H22F3N3O3. The maximum absolute atomic E-state index is 13.1. The maximum atomic E-state index is 13.1. The molecule has 6 nitrogen and oxygen atoms in total. The van der Waals surface area contributed by atoms with Crippen LogP contribution in [0.2, 0.25) is 0 Å². The van der Waals surface area contributed by atoms with E-state index >= 15 is 0 Å². The third-order valence-electron chi connectivity index (χ3n) is 4.44. The van der Waals surface area contributed by atoms with Crippen LogP contribution in [0.1, 0.15) is 0 Å². The molecule has 2 saturated heterocycles. The Hall–Kier alpha value is -1.35. The summed E-state index contributed by atoms with van der Waals surface area (Å²) in [6, 6.07) is 0. The van der Waals surface area contributed by atoms with Gasteiger partial charge in [-0.25, -0.2) is 0 Å². The van der Waals surface area contributed by atoms with E-state index in [1.807, 2.05) is 0 Å². The molecule has 0 radical (unpaired) electrons. The van der Waals surface area contributed by atoms with Gasteiger partial charge < -0.3 is 19.4 Å². The predicted molar refractivity (Wildman–Crippen MR) is 75.6 cm³/mol. The van der Waals surface area contributed by atoms with Gasteiger partial charge in [0.2, 0.25) is 11.8 Å². The Kier molecular flexibility index (Phi) is 5.51. The van der Waals surface area contributed by atoms with Crippen molar-refractivity contribution in [2.24, 2.45) is 11.8 Å². The highest BCUT2D eigenvalue weighted by Gasteiger charge is 2.52. The molecule has 2 heterocycles. The van der Waals surface area contributed by atoms with Crippen LogP contribution in [0.15, 0.2) is 0 Å². The van der Waals surface area contributed by atoms with Gasteiger partial charge in [0.1, 0.15) is 0 Å². The summed E-state index contributed by atoms with van der Waals surface area (Å²) < 4.78 is 44.2. The molecule has 0 aromatic carbocycles. The Morgan fingerprint density at radius 3 is 2.57 bits per heavy atom. The van der Waals surface area contributed by atoms with Gasteiger partial charge in [-0.15, -0.1) is 0 Å². The van der Waals surface area contributed by atoms with Crippen molar-refractivity contribution in [1.29, 1.82) is 0 Å². The fourth-order valence-electron chi connectivity index (χ4n) is 3.15. The Morgan fingerprint density at radius 1 is 1.30 bits per heavy atom. The molecule has 9 heteroatoms. The zero-order valence-electron chi connectivity index (χ0n) is 13.3. The van der Waals surface area contributed by atoms with Crippen LogP contribution in [-0.4, -0.2) is 92.7 Å². The lowest BCUT2D eigenvalue weighted by Gasteiger charge is -2.36. The van der Waals surface area contributed by atoms with Crippen LogP contribution in [0, 0.1) is 11.8 Å². The van der Waals surface area contributed by atoms with Crippen LogP contribution in [0.25, 0.3) is 0 Å². The van der Waals surface area contributed by atoms with E-state index in [1.165, 1.54) is 16.9 Å². The summed E-state index contributed by atoms with van der Waals surface area (Å²) in [6.07, 6.45) is -4.41. The average molecular weight is 337 g/mol. The van der Waals surface area contributed by atoms with Crippen LogP contribution in [0.5, 0.6) is 0 Å². The van der Waals surface area contributed by atoms with E-state index in [4.69, 9.17) is 4.74 Å². The van der Waals surface area contributed by atoms with Gasteiger partial charge in [0, 0.05) is 39.8 Å². The molecule has 2 aliphatic rings. The molecule has 23 heavy (non-hydrogen) atoms. The molecule has 2 amide bonds. The van der Waals surface area contributed by atoms with E-state index in [9.17, 15) is 22.8 Å². The molecule has 0 N–H and O–H groups in total. The first-order valence-corrected chi connectivity index (χ1v) is 7.54. The van der Waals surface area contributed by atoms with Crippen molar-refractivity contribution in [3.63, 3.8) is 0 Å². The lowest BCUT2D eigenvalue weighted by atomic mass is 9.93. The smallest absolute Gasteiger partial charge is 0.383 e. The largest absolute Gasteiger partial charge is 0.393 e. The Balaban J connectivity index is 1.99. The van der Waals surface area contributed by atoms with Crippen molar-refractivity contribution < 1.29 is 27.5 Å². The fourth-order valence-corrected chi connectivity index (χ4v) is 3.15. The lowest BCUT2D eigenvalue weighted by molar-refractivity contribution is -0.186. The number of halogens is 3. The van der Waals surface area contributed by atoms with E-state index in [1.54, 1.807) is 11.9 Å². The monoisotopic (exact) mass is 337 g/mol. The van der Waals surface area contributed by atoms with Gasteiger partial charge in [-0.2, -0.15) is 13.2 Å². The summed E-state index contributed by atoms with van der Waals surface area (Å²) in [4.78, 5) is 28.8. The number of piperazine rings is 1. The Bertz CT molecular complexity index is 458. The Labute approximate surface area is 133 Å². The molecule has 0 bridgehead atoms. The Morgan fingerprint density at radius 2 is 2.00 bits per heavy atom. The molecule has 2 fully saturated rings. The SMILES string of the molecule is COCCN1CCN(C(=O)[C@@H]2CN(C)C[C@H]2C(F)(F)F)CC1=O. The van der Waals surface area contributed by atoms with E-state index in [0.717, 1.165) is 0 Å². The van der Waals surface area contributed by atoms with Gasteiger partial charge in [-0.05, 0) is 7.05 Å². The fraction of sp³-hybridized carbons (Fsp3) is 0.857. The molecule has 0 spiro atoms. The van der Waals surface area contributed by atoms with Crippen molar-refractivity contribution in [2.45, 2.75) is 6.18 Å².